The van der Waals surface area contributed by atoms with Crippen LogP contribution in [0.2, 0.25) is 0 Å². The predicted molar refractivity (Wildman–Crippen MR) is 116 cm³/mol. The van der Waals surface area contributed by atoms with Gasteiger partial charge in [-0.1, -0.05) is 15.9 Å². The number of nitrogens with zero attached hydrogens (tertiary/aromatic N) is 2. The van der Waals surface area contributed by atoms with E-state index in [1.165, 1.54) is 46.3 Å². The Kier molecular flexibility index (Phi) is 5.75. The summed E-state index contributed by atoms with van der Waals surface area (Å²) in [5.74, 6) is -2.23. The maximum absolute atomic E-state index is 14.0. The monoisotopic (exact) mass is 511 g/mol. The quantitative estimate of drug-likeness (QED) is 0.579. The minimum Gasteiger partial charge on any atom is -0.408 e. The van der Waals surface area contributed by atoms with Crippen molar-refractivity contribution in [3.05, 3.63) is 57.2 Å². The minimum absolute atomic E-state index is 0.0191. The first kappa shape index (κ1) is 21.7. The summed E-state index contributed by atoms with van der Waals surface area (Å²) in [4.78, 5) is 24.3. The van der Waals surface area contributed by atoms with Crippen molar-refractivity contribution in [1.29, 1.82) is 0 Å². The van der Waals surface area contributed by atoms with E-state index < -0.39 is 33.4 Å². The van der Waals surface area contributed by atoms with E-state index >= 15 is 0 Å². The van der Waals surface area contributed by atoms with Gasteiger partial charge in [0.1, 0.15) is 5.82 Å². The van der Waals surface area contributed by atoms with Crippen LogP contribution in [0.15, 0.2) is 55.0 Å². The lowest BCUT2D eigenvalue weighted by Crippen LogP contribution is -2.43. The molecule has 8 nitrogen and oxygen atoms in total. The number of nitrogens with one attached hydrogen (secondary N) is 1. The molecule has 11 heteroatoms. The lowest BCUT2D eigenvalue weighted by molar-refractivity contribution is -0.120. The van der Waals surface area contributed by atoms with Gasteiger partial charge < -0.3 is 9.73 Å². The zero-order chi connectivity index (χ0) is 22.3. The number of carbonyl (C=O) groups is 1. The molecular formula is C20H19BrFN3O5S. The van der Waals surface area contributed by atoms with E-state index in [-0.39, 0.29) is 29.3 Å². The number of amides is 1. The van der Waals surface area contributed by atoms with Crippen LogP contribution in [0, 0.1) is 11.7 Å². The summed E-state index contributed by atoms with van der Waals surface area (Å²) in [6.45, 7) is 0.235. The summed E-state index contributed by atoms with van der Waals surface area (Å²) in [7, 11) is -2.38. The van der Waals surface area contributed by atoms with Crippen molar-refractivity contribution < 1.29 is 22.0 Å². The Morgan fingerprint density at radius 3 is 2.77 bits per heavy atom. The minimum atomic E-state index is -3.91. The SMILES string of the molecule is Cn1c(=O)oc2cc(S(=O)(=O)N3CCC[C@H](C(=O)Nc4ccc(Br)cc4F)C3)ccc21. The largest absolute Gasteiger partial charge is 0.419 e. The third-order valence-corrected chi connectivity index (χ3v) is 7.70. The standard InChI is InChI=1S/C20H19BrFN3O5S/c1-24-17-7-5-14(10-18(17)30-20(24)27)31(28,29)25-8-2-3-12(11-25)19(26)23-16-6-4-13(21)9-15(16)22/h4-7,9-10,12H,2-3,8,11H2,1H3,(H,23,26)/t12-/m0/s1. The van der Waals surface area contributed by atoms with E-state index in [0.717, 1.165) is 0 Å². The number of hydrogen-bond acceptors (Lipinski definition) is 5. The molecule has 0 saturated carbocycles. The number of aryl methyl sites for hydroxylation is 1. The average molecular weight is 512 g/mol. The fourth-order valence-electron chi connectivity index (χ4n) is 3.62. The zero-order valence-electron chi connectivity index (χ0n) is 16.5. The molecule has 2 aromatic carbocycles. The number of piperidine rings is 1. The highest BCUT2D eigenvalue weighted by Crippen LogP contribution is 2.27. The third-order valence-electron chi connectivity index (χ3n) is 5.35. The Balaban J connectivity index is 1.54. The van der Waals surface area contributed by atoms with Gasteiger partial charge in [-0.05, 0) is 43.2 Å². The highest BCUT2D eigenvalue weighted by molar-refractivity contribution is 9.10. The van der Waals surface area contributed by atoms with Gasteiger partial charge >= 0.3 is 5.76 Å². The van der Waals surface area contributed by atoms with Gasteiger partial charge in [0.25, 0.3) is 0 Å². The second-order valence-electron chi connectivity index (χ2n) is 7.37. The van der Waals surface area contributed by atoms with Crippen LogP contribution in [0.5, 0.6) is 0 Å². The van der Waals surface area contributed by atoms with Crippen molar-refractivity contribution >= 4 is 48.6 Å². The van der Waals surface area contributed by atoms with Gasteiger partial charge in [0.2, 0.25) is 15.9 Å². The molecule has 1 N–H and O–H groups in total. The summed E-state index contributed by atoms with van der Waals surface area (Å²) in [5.41, 5.74) is 0.694. The summed E-state index contributed by atoms with van der Waals surface area (Å²) in [5, 5.41) is 2.54. The first-order chi connectivity index (χ1) is 14.7. The zero-order valence-corrected chi connectivity index (χ0v) is 18.9. The van der Waals surface area contributed by atoms with Gasteiger partial charge in [-0.25, -0.2) is 17.6 Å². The molecule has 1 aliphatic heterocycles. The number of rotatable bonds is 4. The Morgan fingerprint density at radius 2 is 2.03 bits per heavy atom. The van der Waals surface area contributed by atoms with E-state index in [1.54, 1.807) is 6.07 Å². The molecule has 0 radical (unpaired) electrons. The average Bonchev–Trinajstić information content (AvgIpc) is 3.03. The fraction of sp³-hybridized carbons (Fsp3) is 0.300. The van der Waals surface area contributed by atoms with Gasteiger partial charge in [0.05, 0.1) is 22.0 Å². The molecule has 4 rings (SSSR count). The predicted octanol–water partition coefficient (Wildman–Crippen LogP) is 3.07. The second-order valence-corrected chi connectivity index (χ2v) is 10.2. The van der Waals surface area contributed by atoms with Crippen LogP contribution in [0.3, 0.4) is 0 Å². The number of aromatic nitrogens is 1. The number of hydrogen-bond donors (Lipinski definition) is 1. The molecule has 1 atom stereocenters. The van der Waals surface area contributed by atoms with E-state index in [0.29, 0.717) is 22.8 Å². The molecule has 0 aliphatic carbocycles. The lowest BCUT2D eigenvalue weighted by Gasteiger charge is -2.31. The molecule has 31 heavy (non-hydrogen) atoms. The number of oxazole rings is 1. The highest BCUT2D eigenvalue weighted by atomic mass is 79.9. The first-order valence-electron chi connectivity index (χ1n) is 9.52. The molecule has 0 spiro atoms. The molecule has 1 amide bonds. The first-order valence-corrected chi connectivity index (χ1v) is 11.8. The summed E-state index contributed by atoms with van der Waals surface area (Å²) >= 11 is 3.16. The fourth-order valence-corrected chi connectivity index (χ4v) is 5.50. The van der Waals surface area contributed by atoms with Crippen LogP contribution in [0.25, 0.3) is 11.1 Å². The third kappa shape index (κ3) is 4.17. The maximum Gasteiger partial charge on any atom is 0.419 e. The number of sulfonamides is 1. The van der Waals surface area contributed by atoms with Crippen molar-refractivity contribution in [3.63, 3.8) is 0 Å². The number of anilines is 1. The summed E-state index contributed by atoms with van der Waals surface area (Å²) < 4.78 is 48.5. The molecule has 3 aromatic rings. The van der Waals surface area contributed by atoms with Crippen molar-refractivity contribution in [1.82, 2.24) is 8.87 Å². The van der Waals surface area contributed by atoms with Gasteiger partial charge in [-0.3, -0.25) is 9.36 Å². The topological polar surface area (TPSA) is 102 Å². The molecule has 0 bridgehead atoms. The Morgan fingerprint density at radius 1 is 1.26 bits per heavy atom. The van der Waals surface area contributed by atoms with Crippen LogP contribution in [0.4, 0.5) is 10.1 Å². The van der Waals surface area contributed by atoms with Crippen LogP contribution in [-0.4, -0.2) is 36.3 Å². The smallest absolute Gasteiger partial charge is 0.408 e. The lowest BCUT2D eigenvalue weighted by atomic mass is 9.98. The Bertz CT molecular complexity index is 1330. The van der Waals surface area contributed by atoms with Crippen molar-refractivity contribution in [2.75, 3.05) is 18.4 Å². The molecule has 2 heterocycles. The molecular weight excluding hydrogens is 493 g/mol. The Labute approximate surface area is 185 Å². The van der Waals surface area contributed by atoms with Gasteiger partial charge in [-0.2, -0.15) is 4.31 Å². The molecule has 1 fully saturated rings. The van der Waals surface area contributed by atoms with E-state index in [9.17, 15) is 22.4 Å². The Hall–Kier alpha value is -2.50. The highest BCUT2D eigenvalue weighted by Gasteiger charge is 2.34. The number of benzene rings is 2. The molecule has 1 aromatic heterocycles. The number of fused-ring (bicyclic) bond motifs is 1. The van der Waals surface area contributed by atoms with E-state index in [2.05, 4.69) is 21.2 Å². The second kappa shape index (κ2) is 8.21. The molecule has 0 unspecified atom stereocenters. The van der Waals surface area contributed by atoms with Gasteiger partial charge in [-0.15, -0.1) is 0 Å². The molecule has 164 valence electrons. The maximum atomic E-state index is 14.0. The van der Waals surface area contributed by atoms with Crippen molar-refractivity contribution in [2.45, 2.75) is 17.7 Å². The van der Waals surface area contributed by atoms with E-state index in [1.807, 2.05) is 0 Å². The molecule has 1 aliphatic rings. The van der Waals surface area contributed by atoms with Gasteiger partial charge in [0, 0.05) is 30.7 Å². The van der Waals surface area contributed by atoms with E-state index in [4.69, 9.17) is 4.42 Å². The summed E-state index contributed by atoms with van der Waals surface area (Å²) in [6, 6.07) is 8.52. The summed E-state index contributed by atoms with van der Waals surface area (Å²) in [6.07, 6.45) is 0.978. The van der Waals surface area contributed by atoms with Gasteiger partial charge in [0.15, 0.2) is 5.58 Å². The van der Waals surface area contributed by atoms with Crippen LogP contribution in [-0.2, 0) is 21.9 Å². The normalized spacial score (nSPS) is 17.7. The number of carbonyl (C=O) groups excluding carboxylic acids is 1. The van der Waals surface area contributed by atoms with Crippen molar-refractivity contribution in [2.24, 2.45) is 13.0 Å². The van der Waals surface area contributed by atoms with Crippen LogP contribution >= 0.6 is 15.9 Å². The van der Waals surface area contributed by atoms with Crippen LogP contribution in [0.1, 0.15) is 12.8 Å². The molecule has 1 saturated heterocycles. The van der Waals surface area contributed by atoms with Crippen LogP contribution < -0.4 is 11.1 Å². The number of halogens is 2. The van der Waals surface area contributed by atoms with Crippen molar-refractivity contribution in [3.8, 4) is 0 Å².